The van der Waals surface area contributed by atoms with E-state index in [1.54, 1.807) is 11.8 Å². The molecule has 2 aromatic rings. The Bertz CT molecular complexity index is 499. The van der Waals surface area contributed by atoms with Gasteiger partial charge in [-0.1, -0.05) is 42.4 Å². The molecule has 2 rings (SSSR count). The molecule has 1 heterocycles. The average Bonchev–Trinajstić information content (AvgIpc) is 2.40. The zero-order valence-electron chi connectivity index (χ0n) is 10.3. The van der Waals surface area contributed by atoms with Gasteiger partial charge in [0.15, 0.2) is 5.16 Å². The summed E-state index contributed by atoms with van der Waals surface area (Å²) in [6.07, 6.45) is 3.78. The second kappa shape index (κ2) is 6.76. The van der Waals surface area contributed by atoms with Crippen LogP contribution in [-0.2, 0) is 6.42 Å². The van der Waals surface area contributed by atoms with Gasteiger partial charge in [-0.05, 0) is 30.2 Å². The van der Waals surface area contributed by atoms with Gasteiger partial charge in [0.25, 0.3) is 0 Å². The third kappa shape index (κ3) is 4.00. The molecule has 0 aliphatic carbocycles. The molecule has 0 unspecified atom stereocenters. The van der Waals surface area contributed by atoms with Crippen LogP contribution in [0.15, 0.2) is 41.7 Å². The molecule has 1 aromatic heterocycles. The van der Waals surface area contributed by atoms with Crippen LogP contribution in [0.2, 0.25) is 5.02 Å². The fourth-order valence-corrected chi connectivity index (χ4v) is 2.38. The van der Waals surface area contributed by atoms with Gasteiger partial charge in [0.05, 0.1) is 0 Å². The average molecular weight is 279 g/mol. The highest BCUT2D eigenvalue weighted by atomic mass is 35.5. The summed E-state index contributed by atoms with van der Waals surface area (Å²) in [7, 11) is 0. The quantitative estimate of drug-likeness (QED) is 0.605. The number of thioether (sulfide) groups is 1. The third-order valence-electron chi connectivity index (χ3n) is 2.42. The molecule has 0 aliphatic heterocycles. The van der Waals surface area contributed by atoms with Gasteiger partial charge in [0.2, 0.25) is 0 Å². The maximum atomic E-state index is 5.87. The topological polar surface area (TPSA) is 25.8 Å². The number of hydrogen-bond donors (Lipinski definition) is 0. The number of halogens is 1. The molecule has 1 aromatic carbocycles. The van der Waals surface area contributed by atoms with Gasteiger partial charge in [0.1, 0.15) is 0 Å². The molecule has 0 aliphatic rings. The van der Waals surface area contributed by atoms with Crippen LogP contribution in [-0.4, -0.2) is 15.7 Å². The van der Waals surface area contributed by atoms with Gasteiger partial charge >= 0.3 is 0 Å². The summed E-state index contributed by atoms with van der Waals surface area (Å²) in [6, 6.07) is 9.84. The van der Waals surface area contributed by atoms with Crippen molar-refractivity contribution in [3.8, 4) is 0 Å². The van der Waals surface area contributed by atoms with Crippen molar-refractivity contribution in [2.75, 3.05) is 5.75 Å². The summed E-state index contributed by atoms with van der Waals surface area (Å²) in [6.45, 7) is 2.16. The molecular weight excluding hydrogens is 264 g/mol. The Morgan fingerprint density at radius 1 is 1.17 bits per heavy atom. The molecule has 0 N–H and O–H groups in total. The normalized spacial score (nSPS) is 10.6. The van der Waals surface area contributed by atoms with E-state index in [1.807, 2.05) is 36.5 Å². The first-order valence-electron chi connectivity index (χ1n) is 5.97. The Labute approximate surface area is 117 Å². The first-order chi connectivity index (χ1) is 8.78. The summed E-state index contributed by atoms with van der Waals surface area (Å²) in [4.78, 5) is 8.81. The largest absolute Gasteiger partial charge is 0.231 e. The lowest BCUT2D eigenvalue weighted by atomic mass is 10.1. The predicted molar refractivity (Wildman–Crippen MR) is 77.3 cm³/mol. The number of rotatable bonds is 5. The third-order valence-corrected chi connectivity index (χ3v) is 3.74. The maximum Gasteiger partial charge on any atom is 0.187 e. The highest BCUT2D eigenvalue weighted by Crippen LogP contribution is 2.16. The molecule has 0 atom stereocenters. The van der Waals surface area contributed by atoms with Gasteiger partial charge in [-0.25, -0.2) is 9.97 Å². The van der Waals surface area contributed by atoms with Gasteiger partial charge in [0, 0.05) is 29.1 Å². The highest BCUT2D eigenvalue weighted by Gasteiger charge is 2.01. The highest BCUT2D eigenvalue weighted by molar-refractivity contribution is 7.99. The number of aromatic nitrogens is 2. The number of benzene rings is 1. The summed E-state index contributed by atoms with van der Waals surface area (Å²) >= 11 is 7.57. The summed E-state index contributed by atoms with van der Waals surface area (Å²) < 4.78 is 0. The molecule has 0 amide bonds. The molecule has 18 heavy (non-hydrogen) atoms. The van der Waals surface area contributed by atoms with Gasteiger partial charge in [-0.2, -0.15) is 0 Å². The number of hydrogen-bond acceptors (Lipinski definition) is 3. The van der Waals surface area contributed by atoms with E-state index in [2.05, 4.69) is 16.9 Å². The second-order valence-corrected chi connectivity index (χ2v) is 5.48. The molecule has 0 bridgehead atoms. The zero-order valence-corrected chi connectivity index (χ0v) is 11.8. The van der Waals surface area contributed by atoms with E-state index in [9.17, 15) is 0 Å². The molecule has 0 saturated carbocycles. The predicted octanol–water partition coefficient (Wildman–Crippen LogP) is 4.22. The van der Waals surface area contributed by atoms with Gasteiger partial charge in [-0.15, -0.1) is 0 Å². The molecule has 0 fully saturated rings. The first kappa shape index (κ1) is 13.4. The van der Waals surface area contributed by atoms with Crippen molar-refractivity contribution in [1.82, 2.24) is 9.97 Å². The Balaban J connectivity index is 2.06. The Morgan fingerprint density at radius 2 is 1.94 bits per heavy atom. The molecular formula is C14H15ClN2S. The van der Waals surface area contributed by atoms with Crippen molar-refractivity contribution >= 4 is 23.4 Å². The second-order valence-electron chi connectivity index (χ2n) is 3.98. The van der Waals surface area contributed by atoms with Crippen molar-refractivity contribution in [1.29, 1.82) is 0 Å². The fourth-order valence-electron chi connectivity index (χ4n) is 1.55. The Hall–Kier alpha value is -1.06. The van der Waals surface area contributed by atoms with E-state index in [1.165, 1.54) is 5.56 Å². The van der Waals surface area contributed by atoms with E-state index >= 15 is 0 Å². The molecule has 94 valence electrons. The number of nitrogens with zero attached hydrogens (tertiary/aromatic N) is 2. The summed E-state index contributed by atoms with van der Waals surface area (Å²) in [5, 5.41) is 1.63. The van der Waals surface area contributed by atoms with Crippen molar-refractivity contribution in [3.63, 3.8) is 0 Å². The molecule has 0 spiro atoms. The molecule has 0 saturated heterocycles. The SMILES string of the molecule is CCCSc1nccc(Cc2ccc(Cl)cc2)n1. The minimum Gasteiger partial charge on any atom is -0.231 e. The fraction of sp³-hybridized carbons (Fsp3) is 0.286. The Morgan fingerprint density at radius 3 is 2.67 bits per heavy atom. The van der Waals surface area contributed by atoms with E-state index in [4.69, 9.17) is 11.6 Å². The standard InChI is InChI=1S/C14H15ClN2S/c1-2-9-18-14-16-8-7-13(17-14)10-11-3-5-12(15)6-4-11/h3-8H,2,9-10H2,1H3. The van der Waals surface area contributed by atoms with Crippen LogP contribution < -0.4 is 0 Å². The van der Waals surface area contributed by atoms with Crippen molar-refractivity contribution in [2.24, 2.45) is 0 Å². The van der Waals surface area contributed by atoms with Gasteiger partial charge < -0.3 is 0 Å². The molecule has 0 radical (unpaired) electrons. The van der Waals surface area contributed by atoms with Crippen molar-refractivity contribution in [3.05, 3.63) is 52.8 Å². The Kier molecular flexibility index (Phi) is 5.02. The zero-order chi connectivity index (χ0) is 12.8. The lowest BCUT2D eigenvalue weighted by molar-refractivity contribution is 0.900. The van der Waals surface area contributed by atoms with Crippen molar-refractivity contribution < 1.29 is 0 Å². The monoisotopic (exact) mass is 278 g/mol. The van der Waals surface area contributed by atoms with Crippen molar-refractivity contribution in [2.45, 2.75) is 24.9 Å². The van der Waals surface area contributed by atoms with Crippen LogP contribution >= 0.6 is 23.4 Å². The van der Waals surface area contributed by atoms with Crippen LogP contribution in [0.1, 0.15) is 24.6 Å². The smallest absolute Gasteiger partial charge is 0.187 e. The lowest BCUT2D eigenvalue weighted by Crippen LogP contribution is -1.95. The lowest BCUT2D eigenvalue weighted by Gasteiger charge is -2.03. The van der Waals surface area contributed by atoms with E-state index in [0.717, 1.165) is 34.5 Å². The first-order valence-corrected chi connectivity index (χ1v) is 7.33. The summed E-state index contributed by atoms with van der Waals surface area (Å²) in [5.74, 6) is 1.06. The van der Waals surface area contributed by atoms with E-state index in [-0.39, 0.29) is 0 Å². The molecule has 2 nitrogen and oxygen atoms in total. The van der Waals surface area contributed by atoms with Gasteiger partial charge in [-0.3, -0.25) is 0 Å². The van der Waals surface area contributed by atoms with E-state index < -0.39 is 0 Å². The van der Waals surface area contributed by atoms with Crippen LogP contribution in [0.4, 0.5) is 0 Å². The minimum absolute atomic E-state index is 0.764. The van der Waals surface area contributed by atoms with Crippen LogP contribution in [0.25, 0.3) is 0 Å². The van der Waals surface area contributed by atoms with Crippen LogP contribution in [0, 0.1) is 0 Å². The summed E-state index contributed by atoms with van der Waals surface area (Å²) in [5.41, 5.74) is 2.26. The van der Waals surface area contributed by atoms with Crippen LogP contribution in [0.3, 0.4) is 0 Å². The minimum atomic E-state index is 0.764. The maximum absolute atomic E-state index is 5.87. The van der Waals surface area contributed by atoms with Crippen LogP contribution in [0.5, 0.6) is 0 Å². The van der Waals surface area contributed by atoms with E-state index in [0.29, 0.717) is 0 Å². The molecule has 4 heteroatoms.